The van der Waals surface area contributed by atoms with Crippen molar-refractivity contribution in [3.05, 3.63) is 0 Å². The molecular weight excluding hydrogens is 292 g/mol. The van der Waals surface area contributed by atoms with Gasteiger partial charge in [-0.2, -0.15) is 0 Å². The van der Waals surface area contributed by atoms with Crippen molar-refractivity contribution in [2.24, 2.45) is 4.99 Å². The molecule has 0 aromatic heterocycles. The lowest BCUT2D eigenvalue weighted by Gasteiger charge is -2.21. The first-order valence-corrected chi connectivity index (χ1v) is 9.19. The van der Waals surface area contributed by atoms with Gasteiger partial charge >= 0.3 is 0 Å². The van der Waals surface area contributed by atoms with Crippen LogP contribution in [0, 0.1) is 0 Å². The van der Waals surface area contributed by atoms with Crippen LogP contribution in [-0.4, -0.2) is 58.5 Å². The minimum atomic E-state index is -3.14. The smallest absolute Gasteiger partial charge is 0.211 e. The van der Waals surface area contributed by atoms with Gasteiger partial charge in [0.05, 0.1) is 17.9 Å². The Bertz CT molecular complexity index is 431. The van der Waals surface area contributed by atoms with Crippen LogP contribution in [0.25, 0.3) is 0 Å². The average Bonchev–Trinajstić information content (AvgIpc) is 2.88. The van der Waals surface area contributed by atoms with Crippen LogP contribution in [0.2, 0.25) is 0 Å². The molecule has 1 unspecified atom stereocenters. The molecule has 21 heavy (non-hydrogen) atoms. The van der Waals surface area contributed by atoms with E-state index in [0.29, 0.717) is 25.6 Å². The number of ether oxygens (including phenoxy) is 1. The van der Waals surface area contributed by atoms with E-state index in [4.69, 9.17) is 4.74 Å². The average molecular weight is 320 g/mol. The molecule has 0 aromatic carbocycles. The van der Waals surface area contributed by atoms with E-state index in [1.807, 2.05) is 6.92 Å². The first-order valence-electron chi connectivity index (χ1n) is 7.54. The van der Waals surface area contributed by atoms with Crippen LogP contribution in [0.15, 0.2) is 4.99 Å². The van der Waals surface area contributed by atoms with Crippen LogP contribution in [0.4, 0.5) is 0 Å². The maximum absolute atomic E-state index is 11.3. The summed E-state index contributed by atoms with van der Waals surface area (Å²) >= 11 is 0. The van der Waals surface area contributed by atoms with Gasteiger partial charge in [-0.1, -0.05) is 0 Å². The number of rotatable bonds is 8. The summed E-state index contributed by atoms with van der Waals surface area (Å²) in [5.74, 6) is 0.779. The monoisotopic (exact) mass is 320 g/mol. The van der Waals surface area contributed by atoms with Gasteiger partial charge in [0.15, 0.2) is 5.96 Å². The highest BCUT2D eigenvalue weighted by atomic mass is 32.2. The molecule has 124 valence electrons. The molecule has 1 rings (SSSR count). The summed E-state index contributed by atoms with van der Waals surface area (Å²) in [5.41, 5.74) is -0.174. The van der Waals surface area contributed by atoms with Crippen LogP contribution in [-0.2, 0) is 14.8 Å². The van der Waals surface area contributed by atoms with Gasteiger partial charge in [-0.25, -0.2) is 13.1 Å². The zero-order valence-electron chi connectivity index (χ0n) is 13.2. The third kappa shape index (κ3) is 7.10. The van der Waals surface area contributed by atoms with E-state index in [1.54, 1.807) is 6.92 Å². The Balaban J connectivity index is 2.38. The zero-order valence-corrected chi connectivity index (χ0v) is 14.1. The zero-order chi connectivity index (χ0) is 15.8. The summed E-state index contributed by atoms with van der Waals surface area (Å²) in [4.78, 5) is 4.51. The van der Waals surface area contributed by atoms with Crippen molar-refractivity contribution in [2.45, 2.75) is 39.2 Å². The lowest BCUT2D eigenvalue weighted by molar-refractivity contribution is 0.0283. The number of nitrogens with one attached hydrogen (secondary N) is 3. The van der Waals surface area contributed by atoms with Crippen molar-refractivity contribution in [1.82, 2.24) is 15.4 Å². The number of guanidine groups is 1. The molecule has 3 N–H and O–H groups in total. The van der Waals surface area contributed by atoms with Crippen molar-refractivity contribution in [3.63, 3.8) is 0 Å². The molecule has 1 aliphatic rings. The van der Waals surface area contributed by atoms with E-state index >= 15 is 0 Å². The molecule has 1 fully saturated rings. The van der Waals surface area contributed by atoms with Gasteiger partial charge in [0.1, 0.15) is 0 Å². The van der Waals surface area contributed by atoms with Crippen LogP contribution < -0.4 is 15.4 Å². The van der Waals surface area contributed by atoms with Crippen LogP contribution in [0.5, 0.6) is 0 Å². The Morgan fingerprint density at radius 1 is 1.29 bits per heavy atom. The van der Waals surface area contributed by atoms with Gasteiger partial charge in [0, 0.05) is 26.2 Å². The van der Waals surface area contributed by atoms with Gasteiger partial charge in [-0.3, -0.25) is 4.99 Å². The maximum atomic E-state index is 11.3. The van der Waals surface area contributed by atoms with Gasteiger partial charge in [-0.05, 0) is 33.6 Å². The van der Waals surface area contributed by atoms with Crippen molar-refractivity contribution >= 4 is 16.0 Å². The van der Waals surface area contributed by atoms with Crippen molar-refractivity contribution in [1.29, 1.82) is 0 Å². The molecule has 0 bridgehead atoms. The van der Waals surface area contributed by atoms with Crippen molar-refractivity contribution in [2.75, 3.05) is 38.5 Å². The fourth-order valence-corrected chi connectivity index (χ4v) is 2.66. The summed E-state index contributed by atoms with van der Waals surface area (Å²) in [5, 5.41) is 6.26. The molecule has 8 heteroatoms. The topological polar surface area (TPSA) is 91.8 Å². The predicted octanol–water partition coefficient (Wildman–Crippen LogP) is 0.0499. The van der Waals surface area contributed by atoms with E-state index in [1.165, 1.54) is 0 Å². The Morgan fingerprint density at radius 2 is 2.05 bits per heavy atom. The van der Waals surface area contributed by atoms with E-state index in [2.05, 4.69) is 27.3 Å². The fourth-order valence-electron chi connectivity index (χ4n) is 2.04. The lowest BCUT2D eigenvalue weighted by Crippen LogP contribution is -2.42. The third-order valence-corrected chi connectivity index (χ3v) is 4.74. The van der Waals surface area contributed by atoms with Crippen LogP contribution in [0.1, 0.15) is 33.6 Å². The molecule has 1 atom stereocenters. The highest BCUT2D eigenvalue weighted by Crippen LogP contribution is 2.24. The first-order chi connectivity index (χ1) is 9.91. The number of aliphatic imine (C=N–C) groups is 1. The fraction of sp³-hybridized carbons (Fsp3) is 0.923. The number of sulfonamides is 1. The standard InChI is InChI=1S/C13H28N4O3S/c1-4-14-12(15-8-9-17-21(18,19)5-2)16-11-13(3)7-6-10-20-13/h17H,4-11H2,1-3H3,(H2,14,15,16). The summed E-state index contributed by atoms with van der Waals surface area (Å²) in [6.07, 6.45) is 2.10. The van der Waals surface area contributed by atoms with E-state index in [9.17, 15) is 8.42 Å². The van der Waals surface area contributed by atoms with Crippen LogP contribution in [0.3, 0.4) is 0 Å². The molecule has 1 saturated heterocycles. The Kier molecular flexibility index (Phi) is 7.41. The van der Waals surface area contributed by atoms with Gasteiger partial charge < -0.3 is 15.4 Å². The quantitative estimate of drug-likeness (QED) is 0.334. The molecule has 1 aliphatic heterocycles. The minimum Gasteiger partial charge on any atom is -0.373 e. The molecule has 1 heterocycles. The van der Waals surface area contributed by atoms with Gasteiger partial charge in [0.25, 0.3) is 0 Å². The Morgan fingerprint density at radius 3 is 2.62 bits per heavy atom. The molecular formula is C13H28N4O3S. The van der Waals surface area contributed by atoms with Crippen LogP contribution >= 0.6 is 0 Å². The highest BCUT2D eigenvalue weighted by Gasteiger charge is 2.29. The molecule has 7 nitrogen and oxygen atoms in total. The summed E-state index contributed by atoms with van der Waals surface area (Å²) in [7, 11) is -3.14. The lowest BCUT2D eigenvalue weighted by atomic mass is 10.0. The van der Waals surface area contributed by atoms with E-state index in [0.717, 1.165) is 26.0 Å². The second-order valence-corrected chi connectivity index (χ2v) is 7.42. The Labute approximate surface area is 128 Å². The molecule has 0 radical (unpaired) electrons. The van der Waals surface area contributed by atoms with Crippen molar-refractivity contribution < 1.29 is 13.2 Å². The largest absolute Gasteiger partial charge is 0.373 e. The Hall–Kier alpha value is -0.860. The number of hydrogen-bond acceptors (Lipinski definition) is 4. The second-order valence-electron chi connectivity index (χ2n) is 5.32. The van der Waals surface area contributed by atoms with E-state index < -0.39 is 10.0 Å². The predicted molar refractivity (Wildman–Crippen MR) is 85.0 cm³/mol. The summed E-state index contributed by atoms with van der Waals surface area (Å²) < 4.78 is 30.8. The van der Waals surface area contributed by atoms with Crippen molar-refractivity contribution in [3.8, 4) is 0 Å². The van der Waals surface area contributed by atoms with E-state index in [-0.39, 0.29) is 11.4 Å². The molecule has 0 amide bonds. The minimum absolute atomic E-state index is 0.0941. The normalized spacial score (nSPS) is 23.3. The first kappa shape index (κ1) is 18.2. The molecule has 0 saturated carbocycles. The molecule has 0 aliphatic carbocycles. The number of nitrogens with zero attached hydrogens (tertiary/aromatic N) is 1. The third-order valence-electron chi connectivity index (χ3n) is 3.34. The van der Waals surface area contributed by atoms with Gasteiger partial charge in [-0.15, -0.1) is 0 Å². The van der Waals surface area contributed by atoms with Gasteiger partial charge in [0.2, 0.25) is 10.0 Å². The maximum Gasteiger partial charge on any atom is 0.211 e. The second kappa shape index (κ2) is 8.55. The molecule has 0 spiro atoms. The summed E-state index contributed by atoms with van der Waals surface area (Å²) in [6, 6.07) is 0. The SMILES string of the molecule is CCNC(=NCC1(C)CCCO1)NCCNS(=O)(=O)CC. The highest BCUT2D eigenvalue weighted by molar-refractivity contribution is 7.89. The summed E-state index contributed by atoms with van der Waals surface area (Å²) in [6.45, 7) is 8.66. The number of hydrogen-bond donors (Lipinski definition) is 3. The molecule has 0 aromatic rings.